The Morgan fingerprint density at radius 2 is 1.81 bits per heavy atom. The highest BCUT2D eigenvalue weighted by atomic mass is 16.2. The van der Waals surface area contributed by atoms with Gasteiger partial charge in [-0.25, -0.2) is 0 Å². The third-order valence-corrected chi connectivity index (χ3v) is 4.43. The van der Waals surface area contributed by atoms with E-state index >= 15 is 0 Å². The summed E-state index contributed by atoms with van der Waals surface area (Å²) in [7, 11) is 0. The fourth-order valence-electron chi connectivity index (χ4n) is 2.97. The molecule has 0 unspecified atom stereocenters. The highest BCUT2D eigenvalue weighted by Crippen LogP contribution is 2.15. The average molecular weight is 351 g/mol. The molecule has 1 fully saturated rings. The molecule has 1 saturated heterocycles. The van der Waals surface area contributed by atoms with Gasteiger partial charge in [-0.2, -0.15) is 0 Å². The van der Waals surface area contributed by atoms with E-state index in [-0.39, 0.29) is 11.8 Å². The first-order valence-corrected chi connectivity index (χ1v) is 8.56. The predicted octanol–water partition coefficient (Wildman–Crippen LogP) is 1.84. The molecule has 0 spiro atoms. The molecule has 1 heterocycles. The number of hydrogen-bond donors (Lipinski definition) is 2. The number of nitrogens with two attached hydrogens (primary N) is 1. The number of carbonyl (C=O) groups excluding carboxylic acids is 3. The van der Waals surface area contributed by atoms with Crippen LogP contribution in [0.2, 0.25) is 0 Å². The van der Waals surface area contributed by atoms with Gasteiger partial charge in [0.2, 0.25) is 11.8 Å². The Balaban J connectivity index is 1.57. The van der Waals surface area contributed by atoms with Crippen LogP contribution in [0.5, 0.6) is 0 Å². The number of likely N-dealkylation sites (tertiary alicyclic amines) is 1. The van der Waals surface area contributed by atoms with Crippen molar-refractivity contribution in [3.05, 3.63) is 70.8 Å². The lowest BCUT2D eigenvalue weighted by molar-refractivity contribution is -0.128. The first kappa shape index (κ1) is 17.7. The monoisotopic (exact) mass is 351 g/mol. The van der Waals surface area contributed by atoms with Crippen molar-refractivity contribution in [1.82, 2.24) is 10.2 Å². The molecular formula is C20H21N3O3. The first-order chi connectivity index (χ1) is 12.5. The number of carbonyl (C=O) groups is 3. The van der Waals surface area contributed by atoms with Crippen LogP contribution in [-0.2, 0) is 17.9 Å². The molecule has 0 aromatic heterocycles. The first-order valence-electron chi connectivity index (χ1n) is 8.56. The standard InChI is InChI=1S/C20H21N3O3/c21-19(25)17-4-1-3-15(11-17)12-22-20(26)16-8-6-14(7-9-16)13-23-10-2-5-18(23)24/h1,3-4,6-9,11H,2,5,10,12-13H2,(H2,21,25)(H,22,26). The Morgan fingerprint density at radius 3 is 2.46 bits per heavy atom. The number of nitrogens with one attached hydrogen (secondary N) is 1. The fraction of sp³-hybridized carbons (Fsp3) is 0.250. The summed E-state index contributed by atoms with van der Waals surface area (Å²) < 4.78 is 0. The molecule has 0 saturated carbocycles. The molecule has 0 atom stereocenters. The topological polar surface area (TPSA) is 92.5 Å². The number of hydrogen-bond acceptors (Lipinski definition) is 3. The largest absolute Gasteiger partial charge is 0.366 e. The van der Waals surface area contributed by atoms with Crippen molar-refractivity contribution in [2.75, 3.05) is 6.54 Å². The van der Waals surface area contributed by atoms with E-state index in [9.17, 15) is 14.4 Å². The second-order valence-corrected chi connectivity index (χ2v) is 6.36. The second kappa shape index (κ2) is 7.82. The van der Waals surface area contributed by atoms with E-state index in [0.29, 0.717) is 30.6 Å². The van der Waals surface area contributed by atoms with Gasteiger partial charge in [-0.1, -0.05) is 24.3 Å². The lowest BCUT2D eigenvalue weighted by atomic mass is 10.1. The van der Waals surface area contributed by atoms with Crippen LogP contribution in [0.4, 0.5) is 0 Å². The van der Waals surface area contributed by atoms with Crippen LogP contribution >= 0.6 is 0 Å². The van der Waals surface area contributed by atoms with Crippen LogP contribution in [0.3, 0.4) is 0 Å². The third kappa shape index (κ3) is 4.27. The van der Waals surface area contributed by atoms with E-state index in [1.807, 2.05) is 23.1 Å². The Bertz CT molecular complexity index is 830. The zero-order valence-corrected chi connectivity index (χ0v) is 14.4. The number of benzene rings is 2. The van der Waals surface area contributed by atoms with Crippen LogP contribution < -0.4 is 11.1 Å². The molecule has 0 aliphatic carbocycles. The predicted molar refractivity (Wildman–Crippen MR) is 97.2 cm³/mol. The highest BCUT2D eigenvalue weighted by molar-refractivity contribution is 5.94. The number of primary amides is 1. The summed E-state index contributed by atoms with van der Waals surface area (Å²) >= 11 is 0. The molecule has 6 nitrogen and oxygen atoms in total. The van der Waals surface area contributed by atoms with Crippen LogP contribution in [-0.4, -0.2) is 29.2 Å². The van der Waals surface area contributed by atoms with Crippen molar-refractivity contribution in [2.24, 2.45) is 5.73 Å². The molecule has 1 aliphatic heterocycles. The summed E-state index contributed by atoms with van der Waals surface area (Å²) in [5, 5.41) is 2.83. The van der Waals surface area contributed by atoms with Gasteiger partial charge in [0, 0.05) is 37.2 Å². The van der Waals surface area contributed by atoms with E-state index in [1.54, 1.807) is 30.3 Å². The summed E-state index contributed by atoms with van der Waals surface area (Å²) in [5.41, 5.74) is 8.03. The van der Waals surface area contributed by atoms with Crippen molar-refractivity contribution in [3.8, 4) is 0 Å². The fourth-order valence-corrected chi connectivity index (χ4v) is 2.97. The number of amides is 3. The van der Waals surface area contributed by atoms with Crippen LogP contribution in [0.15, 0.2) is 48.5 Å². The van der Waals surface area contributed by atoms with Gasteiger partial charge >= 0.3 is 0 Å². The van der Waals surface area contributed by atoms with Gasteiger partial charge in [-0.15, -0.1) is 0 Å². The van der Waals surface area contributed by atoms with Gasteiger partial charge in [0.25, 0.3) is 5.91 Å². The van der Waals surface area contributed by atoms with Crippen molar-refractivity contribution in [2.45, 2.75) is 25.9 Å². The van der Waals surface area contributed by atoms with Crippen molar-refractivity contribution >= 4 is 17.7 Å². The molecule has 0 radical (unpaired) electrons. The summed E-state index contributed by atoms with van der Waals surface area (Å²) in [4.78, 5) is 37.0. The normalized spacial score (nSPS) is 13.7. The minimum atomic E-state index is -0.495. The molecule has 6 heteroatoms. The molecule has 2 aromatic rings. The summed E-state index contributed by atoms with van der Waals surface area (Å²) in [6.45, 7) is 1.69. The molecule has 3 amide bonds. The van der Waals surface area contributed by atoms with Gasteiger partial charge in [0.1, 0.15) is 0 Å². The number of rotatable bonds is 6. The highest BCUT2D eigenvalue weighted by Gasteiger charge is 2.19. The Hall–Kier alpha value is -3.15. The van der Waals surface area contributed by atoms with Crippen LogP contribution in [0, 0.1) is 0 Å². The average Bonchev–Trinajstić information content (AvgIpc) is 3.05. The van der Waals surface area contributed by atoms with Gasteiger partial charge < -0.3 is 16.0 Å². The Morgan fingerprint density at radius 1 is 1.04 bits per heavy atom. The van der Waals surface area contributed by atoms with Gasteiger partial charge in [0.05, 0.1) is 0 Å². The molecule has 1 aliphatic rings. The molecular weight excluding hydrogens is 330 g/mol. The van der Waals surface area contributed by atoms with Crippen molar-refractivity contribution < 1.29 is 14.4 Å². The van der Waals surface area contributed by atoms with Gasteiger partial charge in [-0.3, -0.25) is 14.4 Å². The molecule has 3 N–H and O–H groups in total. The smallest absolute Gasteiger partial charge is 0.251 e. The lowest BCUT2D eigenvalue weighted by Crippen LogP contribution is -2.24. The molecule has 0 bridgehead atoms. The number of nitrogens with zero attached hydrogens (tertiary/aromatic N) is 1. The van der Waals surface area contributed by atoms with Crippen LogP contribution in [0.1, 0.15) is 44.7 Å². The lowest BCUT2D eigenvalue weighted by Gasteiger charge is -2.15. The van der Waals surface area contributed by atoms with E-state index in [2.05, 4.69) is 5.32 Å². The van der Waals surface area contributed by atoms with Crippen molar-refractivity contribution in [1.29, 1.82) is 0 Å². The van der Waals surface area contributed by atoms with E-state index in [0.717, 1.165) is 24.1 Å². The maximum Gasteiger partial charge on any atom is 0.251 e. The quantitative estimate of drug-likeness (QED) is 0.832. The maximum atomic E-state index is 12.3. The maximum absolute atomic E-state index is 12.3. The SMILES string of the molecule is NC(=O)c1cccc(CNC(=O)c2ccc(CN3CCCC3=O)cc2)c1. The molecule has 2 aromatic carbocycles. The summed E-state index contributed by atoms with van der Waals surface area (Å²) in [6.07, 6.45) is 1.54. The Labute approximate surface area is 152 Å². The third-order valence-electron chi connectivity index (χ3n) is 4.43. The minimum absolute atomic E-state index is 0.185. The Kier molecular flexibility index (Phi) is 5.31. The zero-order chi connectivity index (χ0) is 18.5. The molecule has 3 rings (SSSR count). The van der Waals surface area contributed by atoms with Crippen molar-refractivity contribution in [3.63, 3.8) is 0 Å². The van der Waals surface area contributed by atoms with E-state index in [1.165, 1.54) is 0 Å². The minimum Gasteiger partial charge on any atom is -0.366 e. The zero-order valence-electron chi connectivity index (χ0n) is 14.4. The second-order valence-electron chi connectivity index (χ2n) is 6.36. The van der Waals surface area contributed by atoms with Crippen LogP contribution in [0.25, 0.3) is 0 Å². The van der Waals surface area contributed by atoms with Gasteiger partial charge in [-0.05, 0) is 41.8 Å². The van der Waals surface area contributed by atoms with E-state index < -0.39 is 5.91 Å². The molecule has 134 valence electrons. The summed E-state index contributed by atoms with van der Waals surface area (Å²) in [5.74, 6) is -0.506. The van der Waals surface area contributed by atoms with E-state index in [4.69, 9.17) is 5.73 Å². The summed E-state index contributed by atoms with van der Waals surface area (Å²) in [6, 6.07) is 14.1. The molecule has 26 heavy (non-hydrogen) atoms. The van der Waals surface area contributed by atoms with Gasteiger partial charge in [0.15, 0.2) is 0 Å².